The second kappa shape index (κ2) is 4.59. The van der Waals surface area contributed by atoms with Gasteiger partial charge in [0.15, 0.2) is 5.43 Å². The number of nitrogens with zero attached hydrogens (tertiary/aromatic N) is 1. The van der Waals surface area contributed by atoms with Gasteiger partial charge in [0.2, 0.25) is 0 Å². The van der Waals surface area contributed by atoms with Crippen molar-refractivity contribution in [2.24, 2.45) is 5.73 Å². The van der Waals surface area contributed by atoms with Gasteiger partial charge in [-0.3, -0.25) is 4.79 Å². The van der Waals surface area contributed by atoms with E-state index in [1.54, 1.807) is 19.1 Å². The molecule has 0 aromatic carbocycles. The highest BCUT2D eigenvalue weighted by Gasteiger charge is 2.11. The van der Waals surface area contributed by atoms with Crippen LogP contribution in [-0.2, 0) is 6.54 Å². The molecule has 0 spiro atoms. The van der Waals surface area contributed by atoms with Crippen LogP contribution in [0.25, 0.3) is 0 Å². The zero-order valence-corrected chi connectivity index (χ0v) is 9.40. The molecule has 84 valence electrons. The fourth-order valence-electron chi connectivity index (χ4n) is 1.54. The maximum atomic E-state index is 11.2. The summed E-state index contributed by atoms with van der Waals surface area (Å²) in [5, 5.41) is 9.32. The van der Waals surface area contributed by atoms with E-state index in [-0.39, 0.29) is 11.5 Å². The number of aliphatic hydroxyl groups is 1. The Balaban J connectivity index is 3.00. The highest BCUT2D eigenvalue weighted by atomic mass is 16.3. The third-order valence-corrected chi connectivity index (χ3v) is 2.57. The molecule has 0 aliphatic carbocycles. The average molecular weight is 210 g/mol. The van der Waals surface area contributed by atoms with E-state index in [1.165, 1.54) is 0 Å². The summed E-state index contributed by atoms with van der Waals surface area (Å²) in [4.78, 5) is 11.2. The highest BCUT2D eigenvalue weighted by Crippen LogP contribution is 2.04. The van der Waals surface area contributed by atoms with Crippen LogP contribution in [0.2, 0.25) is 0 Å². The average Bonchev–Trinajstić information content (AvgIpc) is 2.10. The molecule has 4 heteroatoms. The van der Waals surface area contributed by atoms with Gasteiger partial charge in [-0.2, -0.15) is 0 Å². The van der Waals surface area contributed by atoms with Crippen LogP contribution in [0.15, 0.2) is 16.9 Å². The monoisotopic (exact) mass is 210 g/mol. The van der Waals surface area contributed by atoms with Crippen molar-refractivity contribution < 1.29 is 5.11 Å². The van der Waals surface area contributed by atoms with Gasteiger partial charge in [-0.15, -0.1) is 0 Å². The van der Waals surface area contributed by atoms with Crippen LogP contribution in [0.4, 0.5) is 0 Å². The standard InChI is InChI=1S/C11H18N2O2/c1-7-4-10(15)5-8(2)13(7)6-11(12)9(3)14/h4-5,9,11,14H,6,12H2,1-3H3. The number of aliphatic hydroxyl groups excluding tert-OH is 1. The van der Waals surface area contributed by atoms with Crippen molar-refractivity contribution in [1.82, 2.24) is 4.57 Å². The Morgan fingerprint density at radius 1 is 1.40 bits per heavy atom. The summed E-state index contributed by atoms with van der Waals surface area (Å²) in [6.45, 7) is 5.92. The summed E-state index contributed by atoms with van der Waals surface area (Å²) < 4.78 is 1.94. The lowest BCUT2D eigenvalue weighted by molar-refractivity contribution is 0.154. The fourth-order valence-corrected chi connectivity index (χ4v) is 1.54. The van der Waals surface area contributed by atoms with Crippen molar-refractivity contribution in [1.29, 1.82) is 0 Å². The van der Waals surface area contributed by atoms with Gasteiger partial charge in [-0.1, -0.05) is 0 Å². The van der Waals surface area contributed by atoms with Crippen LogP contribution in [0.3, 0.4) is 0 Å². The molecule has 1 heterocycles. The normalized spacial score (nSPS) is 15.0. The molecule has 0 saturated heterocycles. The number of pyridine rings is 1. The molecule has 4 nitrogen and oxygen atoms in total. The number of aromatic nitrogens is 1. The maximum Gasteiger partial charge on any atom is 0.182 e. The lowest BCUT2D eigenvalue weighted by atomic mass is 10.2. The van der Waals surface area contributed by atoms with Gasteiger partial charge in [-0.25, -0.2) is 0 Å². The molecular formula is C11H18N2O2. The van der Waals surface area contributed by atoms with Crippen molar-refractivity contribution in [3.8, 4) is 0 Å². The Bertz CT molecular complexity index is 370. The highest BCUT2D eigenvalue weighted by molar-refractivity contribution is 5.12. The first-order chi connectivity index (χ1) is 6.91. The van der Waals surface area contributed by atoms with Gasteiger partial charge in [0.05, 0.1) is 6.10 Å². The predicted molar refractivity (Wildman–Crippen MR) is 59.8 cm³/mol. The molecule has 0 aliphatic heterocycles. The van der Waals surface area contributed by atoms with Crippen molar-refractivity contribution in [3.63, 3.8) is 0 Å². The second-order valence-corrected chi connectivity index (χ2v) is 3.99. The minimum atomic E-state index is -0.553. The Hall–Kier alpha value is -1.13. The molecular weight excluding hydrogens is 192 g/mol. The fraction of sp³-hybridized carbons (Fsp3) is 0.545. The molecule has 0 amide bonds. The Kier molecular flexibility index (Phi) is 3.66. The quantitative estimate of drug-likeness (QED) is 0.747. The number of hydrogen-bond acceptors (Lipinski definition) is 3. The van der Waals surface area contributed by atoms with E-state index in [4.69, 9.17) is 5.73 Å². The van der Waals surface area contributed by atoms with E-state index in [1.807, 2.05) is 18.4 Å². The van der Waals surface area contributed by atoms with Crippen LogP contribution >= 0.6 is 0 Å². The Labute approximate surface area is 89.3 Å². The van der Waals surface area contributed by atoms with Crippen LogP contribution in [-0.4, -0.2) is 21.8 Å². The van der Waals surface area contributed by atoms with E-state index in [0.717, 1.165) is 11.4 Å². The number of aryl methyl sites for hydroxylation is 2. The van der Waals surface area contributed by atoms with E-state index < -0.39 is 6.10 Å². The van der Waals surface area contributed by atoms with Gasteiger partial charge in [0.1, 0.15) is 0 Å². The van der Waals surface area contributed by atoms with Crippen LogP contribution < -0.4 is 11.2 Å². The van der Waals surface area contributed by atoms with Gasteiger partial charge in [-0.05, 0) is 20.8 Å². The summed E-state index contributed by atoms with van der Waals surface area (Å²) >= 11 is 0. The molecule has 0 bridgehead atoms. The van der Waals surface area contributed by atoms with Crippen molar-refractivity contribution in [2.75, 3.05) is 0 Å². The van der Waals surface area contributed by atoms with Crippen molar-refractivity contribution in [2.45, 2.75) is 39.5 Å². The zero-order chi connectivity index (χ0) is 11.6. The Morgan fingerprint density at radius 3 is 2.27 bits per heavy atom. The van der Waals surface area contributed by atoms with E-state index in [2.05, 4.69) is 0 Å². The zero-order valence-electron chi connectivity index (χ0n) is 9.40. The summed E-state index contributed by atoms with van der Waals surface area (Å²) in [5.74, 6) is 0. The Morgan fingerprint density at radius 2 is 1.87 bits per heavy atom. The predicted octanol–water partition coefficient (Wildman–Crippen LogP) is 0.173. The van der Waals surface area contributed by atoms with E-state index in [9.17, 15) is 9.90 Å². The molecule has 1 rings (SSSR count). The van der Waals surface area contributed by atoms with Gasteiger partial charge in [0.25, 0.3) is 0 Å². The maximum absolute atomic E-state index is 11.2. The molecule has 15 heavy (non-hydrogen) atoms. The molecule has 0 saturated carbocycles. The third kappa shape index (κ3) is 2.91. The summed E-state index contributed by atoms with van der Waals surface area (Å²) in [6.07, 6.45) is -0.553. The first-order valence-electron chi connectivity index (χ1n) is 5.03. The molecule has 1 aromatic rings. The molecule has 0 aliphatic rings. The van der Waals surface area contributed by atoms with Gasteiger partial charge < -0.3 is 15.4 Å². The minimum absolute atomic E-state index is 0.00636. The third-order valence-electron chi connectivity index (χ3n) is 2.57. The molecule has 2 unspecified atom stereocenters. The van der Waals surface area contributed by atoms with Gasteiger partial charge >= 0.3 is 0 Å². The van der Waals surface area contributed by atoms with Crippen LogP contribution in [0.1, 0.15) is 18.3 Å². The first-order valence-corrected chi connectivity index (χ1v) is 5.03. The summed E-state index contributed by atoms with van der Waals surface area (Å²) in [6, 6.07) is 2.83. The summed E-state index contributed by atoms with van der Waals surface area (Å²) in [5.41, 5.74) is 7.52. The molecule has 3 N–H and O–H groups in total. The first kappa shape index (κ1) is 11.9. The van der Waals surface area contributed by atoms with E-state index >= 15 is 0 Å². The van der Waals surface area contributed by atoms with Crippen molar-refractivity contribution in [3.05, 3.63) is 33.7 Å². The molecule has 1 aromatic heterocycles. The van der Waals surface area contributed by atoms with Crippen molar-refractivity contribution >= 4 is 0 Å². The SMILES string of the molecule is Cc1cc(=O)cc(C)n1CC(N)C(C)O. The number of rotatable bonds is 3. The second-order valence-electron chi connectivity index (χ2n) is 3.99. The molecule has 2 atom stereocenters. The van der Waals surface area contributed by atoms with E-state index in [0.29, 0.717) is 6.54 Å². The number of nitrogens with two attached hydrogens (primary N) is 1. The number of hydrogen-bond donors (Lipinski definition) is 2. The lowest BCUT2D eigenvalue weighted by Crippen LogP contribution is -2.37. The minimum Gasteiger partial charge on any atom is -0.392 e. The van der Waals surface area contributed by atoms with Crippen LogP contribution in [0, 0.1) is 13.8 Å². The largest absolute Gasteiger partial charge is 0.392 e. The van der Waals surface area contributed by atoms with Gasteiger partial charge in [0, 0.05) is 36.1 Å². The molecule has 0 fully saturated rings. The van der Waals surface area contributed by atoms with Crippen LogP contribution in [0.5, 0.6) is 0 Å². The smallest absolute Gasteiger partial charge is 0.182 e. The lowest BCUT2D eigenvalue weighted by Gasteiger charge is -2.20. The topological polar surface area (TPSA) is 68.2 Å². The molecule has 0 radical (unpaired) electrons. The summed E-state index contributed by atoms with van der Waals surface area (Å²) in [7, 11) is 0.